The van der Waals surface area contributed by atoms with Gasteiger partial charge in [-0.3, -0.25) is 14.7 Å². The van der Waals surface area contributed by atoms with Crippen LogP contribution in [0, 0.1) is 10.1 Å². The standard InChI is InChI=1S/C20H18N4O6S/c1-28-15-5-2-4-13(10-15)11-18-21-22-19(30-18)31-9-3-8-23-16-12-14(24(26)27)6-7-17(16)29-20(23)25/h2,4-7,10,12H,3,8-9,11H2,1H3. The molecule has 0 fully saturated rings. The Morgan fingerprint density at radius 3 is 2.87 bits per heavy atom. The van der Waals surface area contributed by atoms with E-state index < -0.39 is 10.7 Å². The number of fused-ring (bicyclic) bond motifs is 1. The van der Waals surface area contributed by atoms with Gasteiger partial charge in [0, 0.05) is 24.4 Å². The van der Waals surface area contributed by atoms with E-state index in [4.69, 9.17) is 13.6 Å². The van der Waals surface area contributed by atoms with Crippen molar-refractivity contribution < 1.29 is 18.5 Å². The first kappa shape index (κ1) is 20.7. The normalized spacial score (nSPS) is 11.1. The highest BCUT2D eigenvalue weighted by Gasteiger charge is 2.14. The molecule has 0 N–H and O–H groups in total. The molecule has 10 nitrogen and oxygen atoms in total. The second-order valence-corrected chi connectivity index (χ2v) is 7.67. The van der Waals surface area contributed by atoms with Crippen molar-refractivity contribution >= 4 is 28.5 Å². The molecule has 0 saturated heterocycles. The summed E-state index contributed by atoms with van der Waals surface area (Å²) in [5.74, 6) is 1.34. The number of nitro benzene ring substituents is 1. The maximum atomic E-state index is 12.1. The van der Waals surface area contributed by atoms with Gasteiger partial charge in [0.2, 0.25) is 5.89 Å². The second-order valence-electron chi connectivity index (χ2n) is 6.62. The lowest BCUT2D eigenvalue weighted by Gasteiger charge is -2.02. The zero-order valence-corrected chi connectivity index (χ0v) is 17.3. The van der Waals surface area contributed by atoms with Gasteiger partial charge >= 0.3 is 5.76 Å². The molecule has 0 radical (unpaired) electrons. The summed E-state index contributed by atoms with van der Waals surface area (Å²) >= 11 is 1.38. The number of rotatable bonds is 9. The van der Waals surface area contributed by atoms with Crippen LogP contribution in [0.4, 0.5) is 5.69 Å². The van der Waals surface area contributed by atoms with Crippen molar-refractivity contribution in [3.05, 3.63) is 74.6 Å². The van der Waals surface area contributed by atoms with E-state index in [9.17, 15) is 14.9 Å². The van der Waals surface area contributed by atoms with E-state index in [1.165, 1.54) is 34.5 Å². The number of aryl methyl sites for hydroxylation is 1. The molecule has 4 rings (SSSR count). The lowest BCUT2D eigenvalue weighted by atomic mass is 10.1. The summed E-state index contributed by atoms with van der Waals surface area (Å²) in [6.45, 7) is 0.352. The number of nitro groups is 1. The van der Waals surface area contributed by atoms with Crippen LogP contribution in [0.5, 0.6) is 5.75 Å². The second kappa shape index (κ2) is 9.04. The van der Waals surface area contributed by atoms with Gasteiger partial charge in [-0.25, -0.2) is 4.79 Å². The number of thioether (sulfide) groups is 1. The van der Waals surface area contributed by atoms with Crippen LogP contribution in [0.25, 0.3) is 11.1 Å². The summed E-state index contributed by atoms with van der Waals surface area (Å²) in [6.07, 6.45) is 1.11. The molecule has 0 atom stereocenters. The molecule has 0 aliphatic carbocycles. The Balaban J connectivity index is 1.34. The zero-order chi connectivity index (χ0) is 21.8. The minimum Gasteiger partial charge on any atom is -0.497 e. The van der Waals surface area contributed by atoms with Crippen molar-refractivity contribution in [1.29, 1.82) is 0 Å². The summed E-state index contributed by atoms with van der Waals surface area (Å²) in [7, 11) is 1.61. The lowest BCUT2D eigenvalue weighted by Crippen LogP contribution is -2.14. The molecule has 0 aliphatic rings. The molecule has 11 heteroatoms. The Hall–Kier alpha value is -3.60. The van der Waals surface area contributed by atoms with Gasteiger partial charge in [-0.1, -0.05) is 23.9 Å². The maximum Gasteiger partial charge on any atom is 0.419 e. The first-order chi connectivity index (χ1) is 15.0. The largest absolute Gasteiger partial charge is 0.497 e. The first-order valence-corrected chi connectivity index (χ1v) is 10.4. The molecule has 4 aromatic rings. The van der Waals surface area contributed by atoms with E-state index >= 15 is 0 Å². The van der Waals surface area contributed by atoms with E-state index in [2.05, 4.69) is 10.2 Å². The number of aromatic nitrogens is 3. The van der Waals surface area contributed by atoms with Gasteiger partial charge in [-0.2, -0.15) is 0 Å². The van der Waals surface area contributed by atoms with Gasteiger partial charge in [-0.05, 0) is 30.2 Å². The molecule has 0 spiro atoms. The van der Waals surface area contributed by atoms with E-state index in [1.54, 1.807) is 7.11 Å². The quantitative estimate of drug-likeness (QED) is 0.165. The van der Waals surface area contributed by atoms with Crippen molar-refractivity contribution in [2.24, 2.45) is 0 Å². The predicted molar refractivity (Wildman–Crippen MR) is 113 cm³/mol. The topological polar surface area (TPSA) is 126 Å². The van der Waals surface area contributed by atoms with Crippen LogP contribution in [0.2, 0.25) is 0 Å². The van der Waals surface area contributed by atoms with Gasteiger partial charge < -0.3 is 13.6 Å². The molecule has 0 amide bonds. The van der Waals surface area contributed by atoms with Crippen molar-refractivity contribution in [3.63, 3.8) is 0 Å². The number of methoxy groups -OCH3 is 1. The number of nitrogens with zero attached hydrogens (tertiary/aromatic N) is 4. The maximum absolute atomic E-state index is 12.1. The summed E-state index contributed by atoms with van der Waals surface area (Å²) in [5, 5.41) is 19.5. The van der Waals surface area contributed by atoms with E-state index in [0.29, 0.717) is 47.4 Å². The highest BCUT2D eigenvalue weighted by molar-refractivity contribution is 7.99. The number of ether oxygens (including phenoxy) is 1. The minimum absolute atomic E-state index is 0.0918. The number of hydrogen-bond acceptors (Lipinski definition) is 9. The predicted octanol–water partition coefficient (Wildman–Crippen LogP) is 3.67. The van der Waals surface area contributed by atoms with Crippen LogP contribution in [0.3, 0.4) is 0 Å². The third kappa shape index (κ3) is 4.77. The van der Waals surface area contributed by atoms with Crippen LogP contribution in [0.15, 0.2) is 61.3 Å². The van der Waals surface area contributed by atoms with E-state index in [0.717, 1.165) is 11.3 Å². The smallest absolute Gasteiger partial charge is 0.419 e. The number of hydrogen-bond donors (Lipinski definition) is 0. The number of non-ortho nitro benzene ring substituents is 1. The Kier molecular flexibility index (Phi) is 6.03. The molecular weight excluding hydrogens is 424 g/mol. The Labute approximate surface area is 180 Å². The molecule has 0 saturated carbocycles. The monoisotopic (exact) mass is 442 g/mol. The molecule has 31 heavy (non-hydrogen) atoms. The molecule has 0 bridgehead atoms. The molecular formula is C20H18N4O6S. The fraction of sp³-hybridized carbons (Fsp3) is 0.250. The molecule has 2 heterocycles. The van der Waals surface area contributed by atoms with Gasteiger partial charge in [0.05, 0.1) is 24.0 Å². The SMILES string of the molecule is COc1cccc(Cc2nnc(SCCCn3c(=O)oc4ccc([N+](=O)[O-])cc43)o2)c1. The van der Waals surface area contributed by atoms with Crippen molar-refractivity contribution in [2.75, 3.05) is 12.9 Å². The first-order valence-electron chi connectivity index (χ1n) is 9.39. The van der Waals surface area contributed by atoms with Crippen LogP contribution in [-0.2, 0) is 13.0 Å². The summed E-state index contributed by atoms with van der Waals surface area (Å²) < 4.78 is 17.4. The van der Waals surface area contributed by atoms with E-state index in [1.807, 2.05) is 24.3 Å². The average Bonchev–Trinajstić information content (AvgIpc) is 3.34. The average molecular weight is 442 g/mol. The summed E-state index contributed by atoms with van der Waals surface area (Å²) in [6, 6.07) is 11.7. The van der Waals surface area contributed by atoms with Gasteiger partial charge in [0.15, 0.2) is 5.58 Å². The van der Waals surface area contributed by atoms with Gasteiger partial charge in [0.1, 0.15) is 5.75 Å². The molecule has 0 unspecified atom stereocenters. The number of benzene rings is 2. The zero-order valence-electron chi connectivity index (χ0n) is 16.5. The molecule has 2 aromatic heterocycles. The fourth-order valence-electron chi connectivity index (χ4n) is 3.08. The van der Waals surface area contributed by atoms with Crippen molar-refractivity contribution in [1.82, 2.24) is 14.8 Å². The Morgan fingerprint density at radius 2 is 2.06 bits per heavy atom. The fourth-order valence-corrected chi connectivity index (χ4v) is 3.78. The minimum atomic E-state index is -0.543. The highest BCUT2D eigenvalue weighted by atomic mass is 32.2. The molecule has 160 valence electrons. The third-order valence-corrected chi connectivity index (χ3v) is 5.46. The van der Waals surface area contributed by atoms with Crippen LogP contribution in [0.1, 0.15) is 17.9 Å². The molecule has 0 aliphatic heterocycles. The third-order valence-electron chi connectivity index (χ3n) is 4.55. The summed E-state index contributed by atoms with van der Waals surface area (Å²) in [5.41, 5.74) is 1.63. The Morgan fingerprint density at radius 1 is 1.19 bits per heavy atom. The Bertz CT molecular complexity index is 1280. The summed E-state index contributed by atoms with van der Waals surface area (Å²) in [4.78, 5) is 22.6. The highest BCUT2D eigenvalue weighted by Crippen LogP contribution is 2.22. The van der Waals surface area contributed by atoms with Crippen molar-refractivity contribution in [3.8, 4) is 5.75 Å². The number of oxazole rings is 1. The van der Waals surface area contributed by atoms with Gasteiger partial charge in [0.25, 0.3) is 10.9 Å². The van der Waals surface area contributed by atoms with Crippen LogP contribution in [-0.4, -0.2) is 32.6 Å². The van der Waals surface area contributed by atoms with Crippen LogP contribution >= 0.6 is 11.8 Å². The molecule has 2 aromatic carbocycles. The van der Waals surface area contributed by atoms with Crippen LogP contribution < -0.4 is 10.5 Å². The van der Waals surface area contributed by atoms with Gasteiger partial charge in [-0.15, -0.1) is 10.2 Å². The lowest BCUT2D eigenvalue weighted by molar-refractivity contribution is -0.384. The van der Waals surface area contributed by atoms with E-state index in [-0.39, 0.29) is 5.69 Å². The van der Waals surface area contributed by atoms with Crippen molar-refractivity contribution in [2.45, 2.75) is 24.6 Å².